The molecule has 2 heterocycles. The molecule has 0 aromatic carbocycles. The highest BCUT2D eigenvalue weighted by atomic mass is 127. The quantitative estimate of drug-likeness (QED) is 0.403. The molecule has 1 aliphatic rings. The van der Waals surface area contributed by atoms with Crippen molar-refractivity contribution in [3.8, 4) is 0 Å². The first-order valence-electron chi connectivity index (χ1n) is 7.92. The van der Waals surface area contributed by atoms with Gasteiger partial charge < -0.3 is 15.4 Å². The summed E-state index contributed by atoms with van der Waals surface area (Å²) in [7, 11) is 1.79. The standard InChI is InChI=1S/C16H27N5O.HI/c1-14(13-21-7-9-22-10-8-21)11-19-16(17-2)20-12-15-5-3-4-6-18-15;/h3-6,14H,7-13H2,1-2H3,(H2,17,19,20);1H. The van der Waals surface area contributed by atoms with Crippen LogP contribution in [0.15, 0.2) is 29.4 Å². The SMILES string of the molecule is CN=C(NCc1ccccn1)NCC(C)CN1CCOCC1.I. The Labute approximate surface area is 156 Å². The molecule has 0 aliphatic carbocycles. The molecule has 0 bridgehead atoms. The molecule has 130 valence electrons. The Balaban J connectivity index is 0.00000264. The van der Waals surface area contributed by atoms with Crippen LogP contribution in [0, 0.1) is 5.92 Å². The van der Waals surface area contributed by atoms with Gasteiger partial charge in [-0.2, -0.15) is 0 Å². The van der Waals surface area contributed by atoms with E-state index in [0.717, 1.165) is 51.0 Å². The topological polar surface area (TPSA) is 61.8 Å². The van der Waals surface area contributed by atoms with Gasteiger partial charge in [0.15, 0.2) is 5.96 Å². The number of hydrogen-bond donors (Lipinski definition) is 2. The first kappa shape index (κ1) is 20.1. The van der Waals surface area contributed by atoms with E-state index in [9.17, 15) is 0 Å². The Morgan fingerprint density at radius 3 is 2.78 bits per heavy atom. The molecule has 0 radical (unpaired) electrons. The Morgan fingerprint density at radius 2 is 2.13 bits per heavy atom. The van der Waals surface area contributed by atoms with Crippen LogP contribution in [-0.4, -0.2) is 62.3 Å². The largest absolute Gasteiger partial charge is 0.379 e. The van der Waals surface area contributed by atoms with Crippen molar-refractivity contribution in [1.29, 1.82) is 0 Å². The van der Waals surface area contributed by atoms with Gasteiger partial charge in [0.1, 0.15) is 0 Å². The van der Waals surface area contributed by atoms with Gasteiger partial charge in [-0.05, 0) is 18.1 Å². The van der Waals surface area contributed by atoms with Crippen molar-refractivity contribution in [1.82, 2.24) is 20.5 Å². The van der Waals surface area contributed by atoms with Gasteiger partial charge in [0.05, 0.1) is 25.5 Å². The zero-order chi connectivity index (χ0) is 15.6. The van der Waals surface area contributed by atoms with Crippen molar-refractivity contribution in [3.63, 3.8) is 0 Å². The Bertz CT molecular complexity index is 451. The summed E-state index contributed by atoms with van der Waals surface area (Å²) >= 11 is 0. The summed E-state index contributed by atoms with van der Waals surface area (Å²) in [6.45, 7) is 8.72. The number of aliphatic imine (C=N–C) groups is 1. The molecule has 0 spiro atoms. The molecule has 1 unspecified atom stereocenters. The number of pyridine rings is 1. The van der Waals surface area contributed by atoms with Gasteiger partial charge in [0.2, 0.25) is 0 Å². The number of morpholine rings is 1. The van der Waals surface area contributed by atoms with E-state index in [1.807, 2.05) is 18.2 Å². The molecule has 1 aromatic heterocycles. The fourth-order valence-electron chi connectivity index (χ4n) is 2.46. The highest BCUT2D eigenvalue weighted by Crippen LogP contribution is 2.02. The molecular formula is C16H28IN5O. The predicted molar refractivity (Wildman–Crippen MR) is 104 cm³/mol. The number of aromatic nitrogens is 1. The van der Waals surface area contributed by atoms with E-state index in [1.54, 1.807) is 13.2 Å². The molecule has 1 atom stereocenters. The lowest BCUT2D eigenvalue weighted by Crippen LogP contribution is -2.43. The van der Waals surface area contributed by atoms with Gasteiger partial charge in [-0.1, -0.05) is 13.0 Å². The van der Waals surface area contributed by atoms with Crippen molar-refractivity contribution in [2.24, 2.45) is 10.9 Å². The van der Waals surface area contributed by atoms with Gasteiger partial charge in [0.25, 0.3) is 0 Å². The predicted octanol–water partition coefficient (Wildman–Crippen LogP) is 1.33. The van der Waals surface area contributed by atoms with Crippen LogP contribution in [0.4, 0.5) is 0 Å². The highest BCUT2D eigenvalue weighted by molar-refractivity contribution is 14.0. The van der Waals surface area contributed by atoms with Gasteiger partial charge in [-0.3, -0.25) is 14.9 Å². The first-order valence-corrected chi connectivity index (χ1v) is 7.92. The molecule has 1 aliphatic heterocycles. The van der Waals surface area contributed by atoms with Crippen molar-refractivity contribution in [3.05, 3.63) is 30.1 Å². The minimum Gasteiger partial charge on any atom is -0.379 e. The van der Waals surface area contributed by atoms with Crippen molar-refractivity contribution < 1.29 is 4.74 Å². The number of hydrogen-bond acceptors (Lipinski definition) is 4. The number of rotatable bonds is 6. The van der Waals surface area contributed by atoms with E-state index in [4.69, 9.17) is 4.74 Å². The molecular weight excluding hydrogens is 405 g/mol. The third kappa shape index (κ3) is 7.94. The zero-order valence-electron chi connectivity index (χ0n) is 14.0. The smallest absolute Gasteiger partial charge is 0.191 e. The maximum absolute atomic E-state index is 5.38. The second kappa shape index (κ2) is 11.6. The number of halogens is 1. The Kier molecular flexibility index (Phi) is 10.1. The Hall–Kier alpha value is -0.930. The summed E-state index contributed by atoms with van der Waals surface area (Å²) in [6.07, 6.45) is 1.80. The van der Waals surface area contributed by atoms with E-state index < -0.39 is 0 Å². The van der Waals surface area contributed by atoms with E-state index in [-0.39, 0.29) is 24.0 Å². The maximum atomic E-state index is 5.38. The van der Waals surface area contributed by atoms with Gasteiger partial charge in [-0.15, -0.1) is 24.0 Å². The minimum absolute atomic E-state index is 0. The molecule has 0 amide bonds. The van der Waals surface area contributed by atoms with Crippen LogP contribution >= 0.6 is 24.0 Å². The van der Waals surface area contributed by atoms with E-state index in [0.29, 0.717) is 12.5 Å². The number of nitrogens with zero attached hydrogens (tertiary/aromatic N) is 3. The minimum atomic E-state index is 0. The third-order valence-electron chi connectivity index (χ3n) is 3.68. The molecule has 2 rings (SSSR count). The fraction of sp³-hybridized carbons (Fsp3) is 0.625. The number of ether oxygens (including phenoxy) is 1. The van der Waals surface area contributed by atoms with Crippen molar-refractivity contribution in [2.45, 2.75) is 13.5 Å². The average molecular weight is 433 g/mol. The molecule has 0 saturated carbocycles. The second-order valence-electron chi connectivity index (χ2n) is 5.65. The van der Waals surface area contributed by atoms with Crippen LogP contribution in [-0.2, 0) is 11.3 Å². The van der Waals surface area contributed by atoms with Crippen molar-refractivity contribution in [2.75, 3.05) is 46.4 Å². The van der Waals surface area contributed by atoms with Crippen LogP contribution < -0.4 is 10.6 Å². The van der Waals surface area contributed by atoms with Crippen LogP contribution in [0.2, 0.25) is 0 Å². The maximum Gasteiger partial charge on any atom is 0.191 e. The zero-order valence-corrected chi connectivity index (χ0v) is 16.3. The Morgan fingerprint density at radius 1 is 1.35 bits per heavy atom. The van der Waals surface area contributed by atoms with Crippen LogP contribution in [0.3, 0.4) is 0 Å². The molecule has 1 aromatic rings. The fourth-order valence-corrected chi connectivity index (χ4v) is 2.46. The average Bonchev–Trinajstić information content (AvgIpc) is 2.57. The second-order valence-corrected chi connectivity index (χ2v) is 5.65. The van der Waals surface area contributed by atoms with Crippen LogP contribution in [0.25, 0.3) is 0 Å². The molecule has 6 nitrogen and oxygen atoms in total. The molecule has 2 N–H and O–H groups in total. The highest BCUT2D eigenvalue weighted by Gasteiger charge is 2.13. The summed E-state index contributed by atoms with van der Waals surface area (Å²) in [5.74, 6) is 1.38. The van der Waals surface area contributed by atoms with Crippen molar-refractivity contribution >= 4 is 29.9 Å². The molecule has 23 heavy (non-hydrogen) atoms. The molecule has 7 heteroatoms. The lowest BCUT2D eigenvalue weighted by molar-refractivity contribution is 0.0320. The summed E-state index contributed by atoms with van der Waals surface area (Å²) in [6, 6.07) is 5.91. The lowest BCUT2D eigenvalue weighted by Gasteiger charge is -2.29. The number of nitrogens with one attached hydrogen (secondary N) is 2. The van der Waals surface area contributed by atoms with Gasteiger partial charge in [0, 0.05) is 39.4 Å². The summed E-state index contributed by atoms with van der Waals surface area (Å²) in [4.78, 5) is 11.0. The number of guanidine groups is 1. The van der Waals surface area contributed by atoms with Gasteiger partial charge in [-0.25, -0.2) is 0 Å². The summed E-state index contributed by atoms with van der Waals surface area (Å²) in [5.41, 5.74) is 1.01. The van der Waals surface area contributed by atoms with Gasteiger partial charge >= 0.3 is 0 Å². The van der Waals surface area contributed by atoms with Crippen LogP contribution in [0.5, 0.6) is 0 Å². The van der Waals surface area contributed by atoms with E-state index >= 15 is 0 Å². The molecule has 1 fully saturated rings. The third-order valence-corrected chi connectivity index (χ3v) is 3.68. The monoisotopic (exact) mass is 433 g/mol. The lowest BCUT2D eigenvalue weighted by atomic mass is 10.1. The van der Waals surface area contributed by atoms with E-state index in [1.165, 1.54) is 0 Å². The summed E-state index contributed by atoms with van der Waals surface area (Å²) < 4.78 is 5.38. The normalized spacial score (nSPS) is 17.2. The first-order chi connectivity index (χ1) is 10.8. The van der Waals surface area contributed by atoms with E-state index in [2.05, 4.69) is 32.4 Å². The van der Waals surface area contributed by atoms with Crippen LogP contribution in [0.1, 0.15) is 12.6 Å². The summed E-state index contributed by atoms with van der Waals surface area (Å²) in [5, 5.41) is 6.67. The molecule has 1 saturated heterocycles.